The fraction of sp³-hybridized carbons (Fsp3) is 0.176. The summed E-state index contributed by atoms with van der Waals surface area (Å²) in [6, 6.07) is 13.7. The van der Waals surface area contributed by atoms with Gasteiger partial charge >= 0.3 is 5.97 Å². The van der Waals surface area contributed by atoms with E-state index < -0.39 is 16.0 Å². The van der Waals surface area contributed by atoms with Crippen LogP contribution in [-0.4, -0.2) is 27.6 Å². The molecule has 0 aliphatic rings. The summed E-state index contributed by atoms with van der Waals surface area (Å²) in [7, 11) is -3.80. The quantitative estimate of drug-likeness (QED) is 0.760. The number of hydrogen-bond donors (Lipinski definition) is 1. The van der Waals surface area contributed by atoms with Crippen LogP contribution in [0.15, 0.2) is 53.4 Å². The first-order chi connectivity index (χ1) is 11.9. The van der Waals surface area contributed by atoms with Gasteiger partial charge in [-0.1, -0.05) is 6.07 Å². The van der Waals surface area contributed by atoms with E-state index in [1.165, 1.54) is 30.3 Å². The lowest BCUT2D eigenvalue weighted by Crippen LogP contribution is -2.15. The first-order valence-corrected chi connectivity index (χ1v) is 8.84. The van der Waals surface area contributed by atoms with Gasteiger partial charge in [-0.2, -0.15) is 5.26 Å². The molecule has 0 aliphatic heterocycles. The third kappa shape index (κ3) is 5.22. The highest BCUT2D eigenvalue weighted by atomic mass is 32.2. The zero-order chi connectivity index (χ0) is 18.3. The molecule has 0 spiro atoms. The van der Waals surface area contributed by atoms with Gasteiger partial charge in [0.1, 0.15) is 5.75 Å². The van der Waals surface area contributed by atoms with Crippen LogP contribution in [0.25, 0.3) is 0 Å². The molecule has 0 aromatic heterocycles. The lowest BCUT2D eigenvalue weighted by molar-refractivity contribution is -0.145. The molecule has 8 heteroatoms. The first kappa shape index (κ1) is 18.3. The van der Waals surface area contributed by atoms with E-state index in [0.29, 0.717) is 11.3 Å². The second kappa shape index (κ2) is 8.17. The summed E-state index contributed by atoms with van der Waals surface area (Å²) in [6.07, 6.45) is 0. The molecule has 130 valence electrons. The zero-order valence-electron chi connectivity index (χ0n) is 13.4. The van der Waals surface area contributed by atoms with Crippen molar-refractivity contribution in [1.29, 1.82) is 5.26 Å². The normalized spacial score (nSPS) is 10.6. The summed E-state index contributed by atoms with van der Waals surface area (Å²) >= 11 is 0. The molecule has 0 unspecified atom stereocenters. The van der Waals surface area contributed by atoms with E-state index in [-0.39, 0.29) is 23.8 Å². The van der Waals surface area contributed by atoms with Gasteiger partial charge in [-0.05, 0) is 43.3 Å². The smallest absolute Gasteiger partial charge is 0.344 e. The van der Waals surface area contributed by atoms with E-state index in [1.54, 1.807) is 25.1 Å². The van der Waals surface area contributed by atoms with Crippen molar-refractivity contribution in [3.8, 4) is 11.8 Å². The minimum Gasteiger partial charge on any atom is -0.482 e. The number of nitrogens with zero attached hydrogens (tertiary/aromatic N) is 1. The summed E-state index contributed by atoms with van der Waals surface area (Å²) < 4.78 is 37.1. The van der Waals surface area contributed by atoms with Gasteiger partial charge < -0.3 is 9.47 Å². The number of benzene rings is 2. The van der Waals surface area contributed by atoms with Crippen LogP contribution >= 0.6 is 0 Å². The molecular weight excluding hydrogens is 344 g/mol. The number of hydrogen-bond acceptors (Lipinski definition) is 6. The Bertz CT molecular complexity index is 886. The molecule has 0 saturated carbocycles. The number of carbonyl (C=O) groups is 1. The highest BCUT2D eigenvalue weighted by Crippen LogP contribution is 2.21. The molecule has 25 heavy (non-hydrogen) atoms. The minimum absolute atomic E-state index is 0.0318. The monoisotopic (exact) mass is 360 g/mol. The lowest BCUT2D eigenvalue weighted by atomic mass is 10.2. The van der Waals surface area contributed by atoms with Gasteiger partial charge in [0, 0.05) is 6.07 Å². The van der Waals surface area contributed by atoms with Crippen molar-refractivity contribution in [3.05, 3.63) is 54.1 Å². The summed E-state index contributed by atoms with van der Waals surface area (Å²) in [6.45, 7) is 1.68. The standard InChI is InChI=1S/C17H16N2O5S/c1-2-23-17(20)12-24-15-5-3-4-14(10-15)19-25(21,22)16-8-6-13(11-18)7-9-16/h3-10,19H,2,12H2,1H3. The molecule has 0 amide bonds. The number of anilines is 1. The van der Waals surface area contributed by atoms with Crippen molar-refractivity contribution in [3.63, 3.8) is 0 Å². The maximum absolute atomic E-state index is 12.4. The Kier molecular flexibility index (Phi) is 5.98. The fourth-order valence-corrected chi connectivity index (χ4v) is 2.97. The molecule has 7 nitrogen and oxygen atoms in total. The Morgan fingerprint density at radius 1 is 1.20 bits per heavy atom. The van der Waals surface area contributed by atoms with Gasteiger partial charge in [0.25, 0.3) is 10.0 Å². The average molecular weight is 360 g/mol. The van der Waals surface area contributed by atoms with E-state index in [0.717, 1.165) is 0 Å². The first-order valence-electron chi connectivity index (χ1n) is 7.36. The second-order valence-corrected chi connectivity index (χ2v) is 6.55. The van der Waals surface area contributed by atoms with Crippen LogP contribution in [0.4, 0.5) is 5.69 Å². The molecule has 0 aliphatic carbocycles. The third-order valence-electron chi connectivity index (χ3n) is 3.04. The summed E-state index contributed by atoms with van der Waals surface area (Å²) in [5.74, 6) is -0.181. The van der Waals surface area contributed by atoms with Gasteiger partial charge in [-0.15, -0.1) is 0 Å². The van der Waals surface area contributed by atoms with Gasteiger partial charge in [0.05, 0.1) is 28.8 Å². The van der Waals surface area contributed by atoms with Gasteiger partial charge in [0.15, 0.2) is 6.61 Å². The topological polar surface area (TPSA) is 105 Å². The van der Waals surface area contributed by atoms with Crippen molar-refractivity contribution in [2.45, 2.75) is 11.8 Å². The largest absolute Gasteiger partial charge is 0.482 e. The lowest BCUT2D eigenvalue weighted by Gasteiger charge is -2.10. The van der Waals surface area contributed by atoms with E-state index in [1.807, 2.05) is 6.07 Å². The molecule has 2 rings (SSSR count). The van der Waals surface area contributed by atoms with Crippen molar-refractivity contribution in [2.75, 3.05) is 17.9 Å². The fourth-order valence-electron chi connectivity index (χ4n) is 1.92. The maximum atomic E-state index is 12.4. The van der Waals surface area contributed by atoms with Crippen molar-refractivity contribution in [2.24, 2.45) is 0 Å². The van der Waals surface area contributed by atoms with Crippen molar-refractivity contribution < 1.29 is 22.7 Å². The van der Waals surface area contributed by atoms with E-state index in [2.05, 4.69) is 4.72 Å². The number of nitriles is 1. The molecule has 0 saturated heterocycles. The van der Waals surface area contributed by atoms with E-state index in [4.69, 9.17) is 14.7 Å². The highest BCUT2D eigenvalue weighted by molar-refractivity contribution is 7.92. The Morgan fingerprint density at radius 3 is 2.56 bits per heavy atom. The highest BCUT2D eigenvalue weighted by Gasteiger charge is 2.14. The maximum Gasteiger partial charge on any atom is 0.344 e. The molecule has 0 bridgehead atoms. The van der Waals surface area contributed by atoms with Crippen molar-refractivity contribution >= 4 is 21.7 Å². The molecule has 0 fully saturated rings. The van der Waals surface area contributed by atoms with E-state index in [9.17, 15) is 13.2 Å². The molecule has 0 heterocycles. The third-order valence-corrected chi connectivity index (χ3v) is 4.44. The van der Waals surface area contributed by atoms with Gasteiger partial charge in [-0.25, -0.2) is 13.2 Å². The number of rotatable bonds is 7. The Morgan fingerprint density at radius 2 is 1.92 bits per heavy atom. The summed E-state index contributed by atoms with van der Waals surface area (Å²) in [5.41, 5.74) is 0.652. The second-order valence-electron chi connectivity index (χ2n) is 4.86. The minimum atomic E-state index is -3.80. The number of carbonyl (C=O) groups excluding carboxylic acids is 1. The molecule has 2 aromatic rings. The molecule has 0 radical (unpaired) electrons. The van der Waals surface area contributed by atoms with Crippen LogP contribution < -0.4 is 9.46 Å². The SMILES string of the molecule is CCOC(=O)COc1cccc(NS(=O)(=O)c2ccc(C#N)cc2)c1. The van der Waals surface area contributed by atoms with E-state index >= 15 is 0 Å². The van der Waals surface area contributed by atoms with Crippen LogP contribution in [0, 0.1) is 11.3 Å². The van der Waals surface area contributed by atoms with Crippen LogP contribution in [0.3, 0.4) is 0 Å². The number of ether oxygens (including phenoxy) is 2. The summed E-state index contributed by atoms with van der Waals surface area (Å²) in [4.78, 5) is 11.3. The number of esters is 1. The van der Waals surface area contributed by atoms with Crippen LogP contribution in [-0.2, 0) is 19.6 Å². The van der Waals surface area contributed by atoms with Crippen LogP contribution in [0.5, 0.6) is 5.75 Å². The molecule has 0 atom stereocenters. The van der Waals surface area contributed by atoms with Crippen molar-refractivity contribution in [1.82, 2.24) is 0 Å². The predicted octanol–water partition coefficient (Wildman–Crippen LogP) is 2.30. The Hall–Kier alpha value is -3.05. The summed E-state index contributed by atoms with van der Waals surface area (Å²) in [5, 5.41) is 8.76. The number of nitrogens with one attached hydrogen (secondary N) is 1. The number of sulfonamides is 1. The van der Waals surface area contributed by atoms with Gasteiger partial charge in [-0.3, -0.25) is 4.72 Å². The Labute approximate surface area is 145 Å². The van der Waals surface area contributed by atoms with Gasteiger partial charge in [0.2, 0.25) is 0 Å². The molecule has 2 aromatic carbocycles. The zero-order valence-corrected chi connectivity index (χ0v) is 14.2. The molecule has 1 N–H and O–H groups in total. The predicted molar refractivity (Wildman–Crippen MR) is 90.5 cm³/mol. The van der Waals surface area contributed by atoms with Crippen LogP contribution in [0.1, 0.15) is 12.5 Å². The van der Waals surface area contributed by atoms with Crippen LogP contribution in [0.2, 0.25) is 0 Å². The molecular formula is C17H16N2O5S. The average Bonchev–Trinajstić information content (AvgIpc) is 2.60. The Balaban J connectivity index is 2.09.